The van der Waals surface area contributed by atoms with Crippen LogP contribution in [0.1, 0.15) is 46.1 Å². The number of rotatable bonds is 10. The molecule has 0 amide bonds. The lowest BCUT2D eigenvalue weighted by molar-refractivity contribution is 0.287. The monoisotopic (exact) mass is 357 g/mol. The van der Waals surface area contributed by atoms with Gasteiger partial charge in [0.05, 0.1) is 13.2 Å². The zero-order valence-electron chi connectivity index (χ0n) is 13.7. The lowest BCUT2D eigenvalue weighted by Crippen LogP contribution is -2.23. The summed E-state index contributed by atoms with van der Waals surface area (Å²) in [5.74, 6) is 1.66. The molecule has 0 atom stereocenters. The van der Waals surface area contributed by atoms with Crippen LogP contribution in [-0.2, 0) is 6.42 Å². The third-order valence-corrected chi connectivity index (χ3v) is 3.88. The number of halogens is 1. The molecule has 21 heavy (non-hydrogen) atoms. The molecule has 1 aromatic carbocycles. The highest BCUT2D eigenvalue weighted by Crippen LogP contribution is 2.34. The van der Waals surface area contributed by atoms with E-state index in [1.165, 1.54) is 12.0 Å². The van der Waals surface area contributed by atoms with E-state index in [1.54, 1.807) is 0 Å². The summed E-state index contributed by atoms with van der Waals surface area (Å²) < 4.78 is 12.4. The average Bonchev–Trinajstić information content (AvgIpc) is 2.43. The van der Waals surface area contributed by atoms with E-state index in [0.29, 0.717) is 19.3 Å². The van der Waals surface area contributed by atoms with Crippen molar-refractivity contribution >= 4 is 15.9 Å². The molecule has 0 aliphatic heterocycles. The summed E-state index contributed by atoms with van der Waals surface area (Å²) in [5, 5.41) is 3.45. The standard InChI is InChI=1S/C17H28BrNO2/c1-5-20-16-11-14(9-7-8-10-19-13(3)4)15(18)12-17(16)21-6-2/h11-13,19H,5-10H2,1-4H3. The summed E-state index contributed by atoms with van der Waals surface area (Å²) in [5.41, 5.74) is 1.28. The van der Waals surface area contributed by atoms with E-state index in [1.807, 2.05) is 19.9 Å². The van der Waals surface area contributed by atoms with Crippen LogP contribution >= 0.6 is 15.9 Å². The molecule has 0 saturated carbocycles. The molecule has 1 N–H and O–H groups in total. The lowest BCUT2D eigenvalue weighted by Gasteiger charge is -2.14. The van der Waals surface area contributed by atoms with Gasteiger partial charge in [-0.2, -0.15) is 0 Å². The molecule has 0 radical (unpaired) electrons. The fourth-order valence-corrected chi connectivity index (χ4v) is 2.66. The third-order valence-electron chi connectivity index (χ3n) is 3.14. The molecule has 0 aromatic heterocycles. The Hall–Kier alpha value is -0.740. The second kappa shape index (κ2) is 10.1. The van der Waals surface area contributed by atoms with Gasteiger partial charge in [0.15, 0.2) is 11.5 Å². The molecular formula is C17H28BrNO2. The molecule has 0 heterocycles. The fraction of sp³-hybridized carbons (Fsp3) is 0.647. The van der Waals surface area contributed by atoms with Crippen molar-refractivity contribution in [1.82, 2.24) is 5.32 Å². The summed E-state index contributed by atoms with van der Waals surface area (Å²) in [7, 11) is 0. The van der Waals surface area contributed by atoms with E-state index in [0.717, 1.165) is 35.4 Å². The number of hydrogen-bond donors (Lipinski definition) is 1. The van der Waals surface area contributed by atoms with Crippen LogP contribution in [0.15, 0.2) is 16.6 Å². The largest absolute Gasteiger partial charge is 0.490 e. The second-order valence-electron chi connectivity index (χ2n) is 5.32. The highest BCUT2D eigenvalue weighted by atomic mass is 79.9. The Morgan fingerprint density at radius 1 is 1.05 bits per heavy atom. The first-order valence-corrected chi connectivity index (χ1v) is 8.69. The Kier molecular flexibility index (Phi) is 8.77. The van der Waals surface area contributed by atoms with Gasteiger partial charge in [0.2, 0.25) is 0 Å². The molecule has 0 unspecified atom stereocenters. The van der Waals surface area contributed by atoms with Crippen LogP contribution in [-0.4, -0.2) is 25.8 Å². The first-order chi connectivity index (χ1) is 10.1. The molecule has 1 aromatic rings. The molecule has 0 saturated heterocycles. The molecule has 3 nitrogen and oxygen atoms in total. The van der Waals surface area contributed by atoms with Crippen molar-refractivity contribution in [1.29, 1.82) is 0 Å². The lowest BCUT2D eigenvalue weighted by atomic mass is 10.1. The van der Waals surface area contributed by atoms with Crippen molar-refractivity contribution < 1.29 is 9.47 Å². The van der Waals surface area contributed by atoms with Crippen LogP contribution in [0.3, 0.4) is 0 Å². The first kappa shape index (κ1) is 18.3. The topological polar surface area (TPSA) is 30.5 Å². The summed E-state index contributed by atoms with van der Waals surface area (Å²) in [6.45, 7) is 10.7. The zero-order chi connectivity index (χ0) is 15.7. The van der Waals surface area contributed by atoms with Crippen LogP contribution in [0.5, 0.6) is 11.5 Å². The van der Waals surface area contributed by atoms with Crippen molar-refractivity contribution in [2.24, 2.45) is 0 Å². The predicted octanol–water partition coefficient (Wildman–Crippen LogP) is 4.57. The molecule has 4 heteroatoms. The maximum Gasteiger partial charge on any atom is 0.162 e. The first-order valence-electron chi connectivity index (χ1n) is 7.89. The van der Waals surface area contributed by atoms with Crippen molar-refractivity contribution in [3.8, 4) is 11.5 Å². The zero-order valence-corrected chi connectivity index (χ0v) is 15.3. The number of ether oxygens (including phenoxy) is 2. The number of benzene rings is 1. The smallest absolute Gasteiger partial charge is 0.162 e. The van der Waals surface area contributed by atoms with Gasteiger partial charge >= 0.3 is 0 Å². The molecule has 0 bridgehead atoms. The minimum absolute atomic E-state index is 0.562. The summed E-state index contributed by atoms with van der Waals surface area (Å²) in [4.78, 5) is 0. The van der Waals surface area contributed by atoms with Gasteiger partial charge in [-0.05, 0) is 57.4 Å². The quantitative estimate of drug-likeness (QED) is 0.622. The summed E-state index contributed by atoms with van der Waals surface area (Å²) >= 11 is 3.64. The summed E-state index contributed by atoms with van der Waals surface area (Å²) in [6.07, 6.45) is 3.40. The highest BCUT2D eigenvalue weighted by Gasteiger charge is 2.10. The molecule has 1 rings (SSSR count). The Labute approximate surface area is 137 Å². The Morgan fingerprint density at radius 3 is 2.24 bits per heavy atom. The minimum Gasteiger partial charge on any atom is -0.490 e. The van der Waals surface area contributed by atoms with Crippen molar-refractivity contribution in [3.05, 3.63) is 22.2 Å². The van der Waals surface area contributed by atoms with Gasteiger partial charge in [0.25, 0.3) is 0 Å². The van der Waals surface area contributed by atoms with Gasteiger partial charge in [0, 0.05) is 10.5 Å². The van der Waals surface area contributed by atoms with E-state index in [4.69, 9.17) is 9.47 Å². The van der Waals surface area contributed by atoms with Gasteiger partial charge in [-0.15, -0.1) is 0 Å². The number of hydrogen-bond acceptors (Lipinski definition) is 3. The molecular weight excluding hydrogens is 330 g/mol. The van der Waals surface area contributed by atoms with Crippen LogP contribution < -0.4 is 14.8 Å². The van der Waals surface area contributed by atoms with Crippen LogP contribution in [0.2, 0.25) is 0 Å². The van der Waals surface area contributed by atoms with Crippen LogP contribution in [0.25, 0.3) is 0 Å². The maximum atomic E-state index is 5.69. The molecule has 0 aliphatic carbocycles. The van der Waals surface area contributed by atoms with Gasteiger partial charge in [0.1, 0.15) is 0 Å². The highest BCUT2D eigenvalue weighted by molar-refractivity contribution is 9.10. The molecule has 120 valence electrons. The van der Waals surface area contributed by atoms with E-state index < -0.39 is 0 Å². The van der Waals surface area contributed by atoms with Gasteiger partial charge in [-0.25, -0.2) is 0 Å². The predicted molar refractivity (Wildman–Crippen MR) is 92.6 cm³/mol. The van der Waals surface area contributed by atoms with Gasteiger partial charge in [-0.3, -0.25) is 0 Å². The van der Waals surface area contributed by atoms with E-state index in [2.05, 4.69) is 41.2 Å². The maximum absolute atomic E-state index is 5.69. The van der Waals surface area contributed by atoms with Gasteiger partial charge < -0.3 is 14.8 Å². The molecule has 0 aliphatic rings. The number of unbranched alkanes of at least 4 members (excludes halogenated alkanes) is 1. The fourth-order valence-electron chi connectivity index (χ4n) is 2.14. The van der Waals surface area contributed by atoms with E-state index in [-0.39, 0.29) is 0 Å². The molecule has 0 spiro atoms. The summed E-state index contributed by atoms with van der Waals surface area (Å²) in [6, 6.07) is 4.69. The minimum atomic E-state index is 0.562. The SMILES string of the molecule is CCOc1cc(Br)c(CCCCNC(C)C)cc1OCC. The second-order valence-corrected chi connectivity index (χ2v) is 6.18. The Balaban J connectivity index is 2.62. The van der Waals surface area contributed by atoms with E-state index in [9.17, 15) is 0 Å². The average molecular weight is 358 g/mol. The third kappa shape index (κ3) is 6.70. The van der Waals surface area contributed by atoms with E-state index >= 15 is 0 Å². The van der Waals surface area contributed by atoms with Crippen molar-refractivity contribution in [3.63, 3.8) is 0 Å². The number of nitrogens with one attached hydrogen (secondary N) is 1. The Morgan fingerprint density at radius 2 is 1.67 bits per heavy atom. The van der Waals surface area contributed by atoms with Gasteiger partial charge in [-0.1, -0.05) is 29.8 Å². The van der Waals surface area contributed by atoms with Crippen LogP contribution in [0, 0.1) is 0 Å². The Bertz CT molecular complexity index is 421. The van der Waals surface area contributed by atoms with Crippen molar-refractivity contribution in [2.75, 3.05) is 19.8 Å². The normalized spacial score (nSPS) is 11.0. The number of aryl methyl sites for hydroxylation is 1. The van der Waals surface area contributed by atoms with Crippen LogP contribution in [0.4, 0.5) is 0 Å². The van der Waals surface area contributed by atoms with Crippen molar-refractivity contribution in [2.45, 2.75) is 53.0 Å². The molecule has 0 fully saturated rings.